The molecule has 0 spiro atoms. The van der Waals surface area contributed by atoms with Crippen LogP contribution in [0.25, 0.3) is 0 Å². The Kier molecular flexibility index (Phi) is 8.15. The van der Waals surface area contributed by atoms with Gasteiger partial charge < -0.3 is 15.7 Å². The maximum absolute atomic E-state index is 12.5. The van der Waals surface area contributed by atoms with Crippen molar-refractivity contribution < 1.29 is 24.3 Å². The molecule has 14 atom stereocenters. The quantitative estimate of drug-likeness (QED) is 0.310. The van der Waals surface area contributed by atoms with Crippen molar-refractivity contribution in [2.45, 2.75) is 130 Å². The highest BCUT2D eigenvalue weighted by Gasteiger charge is 2.62. The zero-order valence-corrected chi connectivity index (χ0v) is 29.4. The second-order valence-corrected chi connectivity index (χ2v) is 17.9. The summed E-state index contributed by atoms with van der Waals surface area (Å²) in [5, 5.41) is 16.0. The minimum Gasteiger partial charge on any atom is -0.481 e. The van der Waals surface area contributed by atoms with E-state index < -0.39 is 5.97 Å². The fourth-order valence-electron chi connectivity index (χ4n) is 13.8. The van der Waals surface area contributed by atoms with E-state index in [9.17, 15) is 24.3 Å². The number of rotatable bonds is 3. The lowest BCUT2D eigenvalue weighted by Crippen LogP contribution is -2.59. The summed E-state index contributed by atoms with van der Waals surface area (Å²) >= 11 is 0. The van der Waals surface area contributed by atoms with Crippen LogP contribution in [-0.4, -0.2) is 40.8 Å². The monoisotopic (exact) mass is 646 g/mol. The van der Waals surface area contributed by atoms with Gasteiger partial charge in [-0.25, -0.2) is 0 Å². The molecule has 0 aromatic heterocycles. The van der Waals surface area contributed by atoms with Crippen LogP contribution in [0.4, 0.5) is 0 Å². The van der Waals surface area contributed by atoms with Crippen molar-refractivity contribution >= 4 is 23.6 Å². The van der Waals surface area contributed by atoms with Crippen molar-refractivity contribution in [2.24, 2.45) is 69.0 Å². The summed E-state index contributed by atoms with van der Waals surface area (Å²) in [6.45, 7) is 11.3. The summed E-state index contributed by atoms with van der Waals surface area (Å²) in [6.07, 6.45) is 21.7. The van der Waals surface area contributed by atoms with Crippen LogP contribution in [0, 0.1) is 69.0 Å². The van der Waals surface area contributed by atoms with E-state index in [0.29, 0.717) is 53.8 Å². The van der Waals surface area contributed by atoms with Crippen LogP contribution in [0.2, 0.25) is 0 Å². The molecular formula is C40H58N2O5. The molecule has 6 fully saturated rings. The number of hydrogen-bond acceptors (Lipinski definition) is 4. The molecule has 3 N–H and O–H groups in total. The van der Waals surface area contributed by atoms with E-state index in [4.69, 9.17) is 0 Å². The van der Waals surface area contributed by atoms with Crippen molar-refractivity contribution in [3.05, 3.63) is 24.3 Å². The molecule has 258 valence electrons. The van der Waals surface area contributed by atoms with Crippen LogP contribution in [-0.2, 0) is 19.2 Å². The predicted molar refractivity (Wildman–Crippen MR) is 181 cm³/mol. The Balaban J connectivity index is 0.000000150. The van der Waals surface area contributed by atoms with Crippen LogP contribution in [0.15, 0.2) is 24.3 Å². The molecule has 0 aromatic rings. The normalized spacial score (nSPS) is 50.6. The third-order valence-electron chi connectivity index (χ3n) is 16.4. The van der Waals surface area contributed by atoms with Gasteiger partial charge in [-0.2, -0.15) is 0 Å². The number of Topliss-reactive ketones (excluding diaryl/α,β-unsaturated/α-hetero) is 1. The maximum Gasteiger partial charge on any atom is 0.307 e. The Hall–Kier alpha value is -2.44. The minimum absolute atomic E-state index is 0.0299. The van der Waals surface area contributed by atoms with Crippen LogP contribution in [0.3, 0.4) is 0 Å². The average molecular weight is 647 g/mol. The van der Waals surface area contributed by atoms with Crippen molar-refractivity contribution in [1.29, 1.82) is 0 Å². The van der Waals surface area contributed by atoms with Gasteiger partial charge in [0.25, 0.3) is 0 Å². The number of carbonyl (C=O) groups is 4. The third-order valence-corrected chi connectivity index (χ3v) is 16.4. The Morgan fingerprint density at radius 1 is 0.660 bits per heavy atom. The number of hydrogen-bond donors (Lipinski definition) is 3. The summed E-state index contributed by atoms with van der Waals surface area (Å²) in [6, 6.07) is 0.553. The number of carboxylic acids is 1. The Morgan fingerprint density at radius 2 is 1.11 bits per heavy atom. The molecule has 2 amide bonds. The summed E-state index contributed by atoms with van der Waals surface area (Å²) < 4.78 is 0. The van der Waals surface area contributed by atoms with Gasteiger partial charge in [0.2, 0.25) is 11.8 Å². The van der Waals surface area contributed by atoms with Gasteiger partial charge in [-0.1, -0.05) is 46.8 Å². The summed E-state index contributed by atoms with van der Waals surface area (Å²) in [4.78, 5) is 47.7. The first-order valence-corrected chi connectivity index (χ1v) is 19.0. The maximum atomic E-state index is 12.5. The van der Waals surface area contributed by atoms with Gasteiger partial charge >= 0.3 is 5.97 Å². The average Bonchev–Trinajstić information content (AvgIpc) is 3.58. The molecule has 47 heavy (non-hydrogen) atoms. The summed E-state index contributed by atoms with van der Waals surface area (Å²) in [5.41, 5.74) is 0.335. The van der Waals surface area contributed by atoms with E-state index in [-0.39, 0.29) is 45.4 Å². The Morgan fingerprint density at radius 3 is 1.55 bits per heavy atom. The Labute approximate surface area is 281 Å². The van der Waals surface area contributed by atoms with Gasteiger partial charge in [-0.3, -0.25) is 19.2 Å². The van der Waals surface area contributed by atoms with Crippen LogP contribution >= 0.6 is 0 Å². The van der Waals surface area contributed by atoms with Crippen molar-refractivity contribution in [3.63, 3.8) is 0 Å². The van der Waals surface area contributed by atoms with Gasteiger partial charge in [0.15, 0.2) is 0 Å². The summed E-state index contributed by atoms with van der Waals surface area (Å²) in [5.74, 6) is 3.92. The molecule has 8 rings (SSSR count). The molecule has 7 nitrogen and oxygen atoms in total. The van der Waals surface area contributed by atoms with E-state index >= 15 is 0 Å². The van der Waals surface area contributed by atoms with Gasteiger partial charge in [-0.15, -0.1) is 0 Å². The Bertz CT molecular complexity index is 1390. The van der Waals surface area contributed by atoms with E-state index in [1.165, 1.54) is 25.7 Å². The van der Waals surface area contributed by atoms with Crippen LogP contribution in [0.1, 0.15) is 118 Å². The summed E-state index contributed by atoms with van der Waals surface area (Å²) in [7, 11) is 0. The highest BCUT2D eigenvalue weighted by molar-refractivity contribution is 5.89. The van der Waals surface area contributed by atoms with Crippen LogP contribution < -0.4 is 10.6 Å². The van der Waals surface area contributed by atoms with Crippen molar-refractivity contribution in [1.82, 2.24) is 10.6 Å². The first kappa shape index (κ1) is 33.1. The minimum atomic E-state index is -0.599. The van der Waals surface area contributed by atoms with Gasteiger partial charge in [0.05, 0.1) is 5.92 Å². The number of amides is 2. The lowest BCUT2D eigenvalue weighted by molar-refractivity contribution is -0.150. The standard InChI is InChI=1S/C21H31NO2.C19H27NO3/c1-4-17(23)16-7-6-14-13-5-8-18-21(3,12-10-19(24)22-18)15(13)9-11-20(14,16)2;1-18-9-7-13-11(12(18)4-5-14(18)17(22)23)3-6-15-19(13,2)10-8-16(21)20-15/h10,12-16,18H,4-9,11H2,1-3H3,(H,22,24);8,10-15H,3-7,9H2,1-2H3,(H,20,21)(H,22,23)/t13-,14-,15-,16+,18+,20-,21+;11-,12-,13-,14+,15+,18-,19+/m00/s1. The largest absolute Gasteiger partial charge is 0.481 e. The lowest BCUT2D eigenvalue weighted by atomic mass is 9.47. The number of carboxylic acid groups (broad SMARTS) is 1. The predicted octanol–water partition coefficient (Wildman–Crippen LogP) is 6.86. The molecule has 6 saturated carbocycles. The first-order valence-electron chi connectivity index (χ1n) is 19.0. The zero-order chi connectivity index (χ0) is 33.5. The molecule has 0 bridgehead atoms. The second-order valence-electron chi connectivity index (χ2n) is 17.9. The molecule has 7 heteroatoms. The highest BCUT2D eigenvalue weighted by atomic mass is 16.4. The molecule has 0 saturated heterocycles. The number of carbonyl (C=O) groups excluding carboxylic acids is 3. The molecule has 0 radical (unpaired) electrons. The smallest absolute Gasteiger partial charge is 0.307 e. The van der Waals surface area contributed by atoms with E-state index in [2.05, 4.69) is 50.5 Å². The lowest BCUT2D eigenvalue weighted by Gasteiger charge is -2.58. The second kappa shape index (κ2) is 11.6. The molecule has 2 heterocycles. The van der Waals surface area contributed by atoms with E-state index in [1.807, 2.05) is 6.92 Å². The molecule has 8 aliphatic rings. The fourth-order valence-corrected chi connectivity index (χ4v) is 13.8. The molecule has 6 aliphatic carbocycles. The van der Waals surface area contributed by atoms with Gasteiger partial charge in [-0.05, 0) is 136 Å². The zero-order valence-electron chi connectivity index (χ0n) is 29.4. The number of fused-ring (bicyclic) bond motifs is 10. The molecule has 0 unspecified atom stereocenters. The van der Waals surface area contributed by atoms with E-state index in [1.54, 1.807) is 12.2 Å². The van der Waals surface area contributed by atoms with Crippen molar-refractivity contribution in [3.8, 4) is 0 Å². The molecular weight excluding hydrogens is 588 g/mol. The van der Waals surface area contributed by atoms with Gasteiger partial charge in [0.1, 0.15) is 5.78 Å². The van der Waals surface area contributed by atoms with Gasteiger partial charge in [0, 0.05) is 35.3 Å². The highest BCUT2D eigenvalue weighted by Crippen LogP contribution is 2.66. The SMILES string of the molecule is CCC(=O)[C@H]1CC[C@H]2[C@@H]3CC[C@H]4NC(=O)C=C[C@]4(C)[C@H]3CC[C@]12C.C[C@]12C=CC(=O)N[C@@H]1CC[C@@H]1[C@@H]2CC[C@]2(C)[C@@H](C(=O)O)CC[C@@H]12. The van der Waals surface area contributed by atoms with E-state index in [0.717, 1.165) is 57.3 Å². The number of ketones is 1. The molecule has 0 aromatic carbocycles. The number of aliphatic carboxylic acids is 1. The van der Waals surface area contributed by atoms with Crippen LogP contribution in [0.5, 0.6) is 0 Å². The molecule has 2 aliphatic heterocycles. The van der Waals surface area contributed by atoms with Crippen molar-refractivity contribution in [2.75, 3.05) is 0 Å². The third kappa shape index (κ3) is 4.93. The topological polar surface area (TPSA) is 113 Å². The number of nitrogens with one attached hydrogen (secondary N) is 2. The first-order chi connectivity index (χ1) is 22.3. The fraction of sp³-hybridized carbons (Fsp3) is 0.800.